The predicted molar refractivity (Wildman–Crippen MR) is 150 cm³/mol. The molecule has 0 radical (unpaired) electrons. The molecular formula is C29H23ClF3N3O4S. The van der Waals surface area contributed by atoms with Crippen LogP contribution in [-0.2, 0) is 27.5 Å². The van der Waals surface area contributed by atoms with Gasteiger partial charge in [-0.2, -0.15) is 13.2 Å². The molecule has 2 amide bonds. The Bertz CT molecular complexity index is 1650. The summed E-state index contributed by atoms with van der Waals surface area (Å²) in [4.78, 5) is 25.8. The van der Waals surface area contributed by atoms with Crippen LogP contribution in [0.4, 0.5) is 24.5 Å². The lowest BCUT2D eigenvalue weighted by atomic mass is 10.1. The third kappa shape index (κ3) is 7.24. The molecular weight excluding hydrogens is 579 g/mol. The molecule has 41 heavy (non-hydrogen) atoms. The second-order valence-corrected chi connectivity index (χ2v) is 11.0. The largest absolute Gasteiger partial charge is 0.416 e. The van der Waals surface area contributed by atoms with E-state index < -0.39 is 45.8 Å². The zero-order chi connectivity index (χ0) is 29.6. The zero-order valence-corrected chi connectivity index (χ0v) is 22.8. The number of para-hydroxylation sites is 1. The van der Waals surface area contributed by atoms with Crippen molar-refractivity contribution in [3.63, 3.8) is 0 Å². The van der Waals surface area contributed by atoms with Crippen molar-refractivity contribution in [1.29, 1.82) is 0 Å². The van der Waals surface area contributed by atoms with Crippen LogP contribution in [0.15, 0.2) is 108 Å². The third-order valence-corrected chi connectivity index (χ3v) is 8.00. The first-order valence-electron chi connectivity index (χ1n) is 12.1. The van der Waals surface area contributed by atoms with Crippen LogP contribution in [0.5, 0.6) is 0 Å². The number of hydrogen-bond donors (Lipinski definition) is 2. The van der Waals surface area contributed by atoms with E-state index in [0.29, 0.717) is 16.4 Å². The molecule has 4 aromatic rings. The summed E-state index contributed by atoms with van der Waals surface area (Å²) < 4.78 is 68.1. The highest BCUT2D eigenvalue weighted by Gasteiger charge is 2.34. The molecule has 4 aromatic carbocycles. The topological polar surface area (TPSA) is 95.6 Å². The molecule has 0 aromatic heterocycles. The first-order chi connectivity index (χ1) is 19.5. The molecule has 0 fully saturated rings. The van der Waals surface area contributed by atoms with Crippen LogP contribution in [0.25, 0.3) is 0 Å². The van der Waals surface area contributed by atoms with Gasteiger partial charge in [0.2, 0.25) is 5.91 Å². The zero-order valence-electron chi connectivity index (χ0n) is 21.2. The molecule has 0 spiro atoms. The second-order valence-electron chi connectivity index (χ2n) is 8.75. The van der Waals surface area contributed by atoms with Gasteiger partial charge in [0.25, 0.3) is 15.9 Å². The number of hydrogen-bond acceptors (Lipinski definition) is 4. The van der Waals surface area contributed by atoms with E-state index >= 15 is 0 Å². The minimum atomic E-state index is -4.80. The highest BCUT2D eigenvalue weighted by Crippen LogP contribution is 2.37. The Morgan fingerprint density at radius 3 is 2.10 bits per heavy atom. The summed E-state index contributed by atoms with van der Waals surface area (Å²) in [5.41, 5.74) is -0.649. The van der Waals surface area contributed by atoms with E-state index in [2.05, 4.69) is 10.6 Å². The predicted octanol–water partition coefficient (Wildman–Crippen LogP) is 6.12. The fourth-order valence-corrected chi connectivity index (χ4v) is 5.61. The highest BCUT2D eigenvalue weighted by molar-refractivity contribution is 7.92. The van der Waals surface area contributed by atoms with Crippen LogP contribution < -0.4 is 14.9 Å². The quantitative estimate of drug-likeness (QED) is 0.242. The number of carbonyl (C=O) groups is 2. The molecule has 12 heteroatoms. The van der Waals surface area contributed by atoms with Gasteiger partial charge in [-0.25, -0.2) is 8.42 Å². The van der Waals surface area contributed by atoms with Gasteiger partial charge in [-0.15, -0.1) is 0 Å². The Labute approximate surface area is 239 Å². The lowest BCUT2D eigenvalue weighted by Gasteiger charge is -2.26. The van der Waals surface area contributed by atoms with Gasteiger partial charge in [-0.05, 0) is 48.0 Å². The molecule has 0 saturated carbocycles. The molecule has 2 N–H and O–H groups in total. The van der Waals surface area contributed by atoms with E-state index in [1.807, 2.05) is 30.3 Å². The summed E-state index contributed by atoms with van der Waals surface area (Å²) in [6, 6.07) is 24.3. The van der Waals surface area contributed by atoms with Gasteiger partial charge < -0.3 is 10.6 Å². The molecule has 0 aliphatic carbocycles. The molecule has 0 aliphatic heterocycles. The van der Waals surface area contributed by atoms with Crippen molar-refractivity contribution >= 4 is 44.8 Å². The van der Waals surface area contributed by atoms with Gasteiger partial charge in [0.05, 0.1) is 32.4 Å². The van der Waals surface area contributed by atoms with Crippen LogP contribution >= 0.6 is 11.6 Å². The normalized spacial score (nSPS) is 11.5. The van der Waals surface area contributed by atoms with E-state index in [1.165, 1.54) is 36.4 Å². The van der Waals surface area contributed by atoms with E-state index in [-0.39, 0.29) is 27.7 Å². The molecule has 0 saturated heterocycles. The van der Waals surface area contributed by atoms with Crippen LogP contribution in [0, 0.1) is 0 Å². The van der Waals surface area contributed by atoms with Gasteiger partial charge >= 0.3 is 6.18 Å². The van der Waals surface area contributed by atoms with Crippen molar-refractivity contribution in [3.05, 3.63) is 125 Å². The molecule has 0 aliphatic rings. The van der Waals surface area contributed by atoms with Crippen molar-refractivity contribution in [1.82, 2.24) is 5.32 Å². The maximum absolute atomic E-state index is 13.6. The minimum Gasteiger partial charge on any atom is -0.348 e. The first kappa shape index (κ1) is 29.6. The van der Waals surface area contributed by atoms with Crippen LogP contribution in [0.3, 0.4) is 0 Å². The monoisotopic (exact) mass is 601 g/mol. The fraction of sp³-hybridized carbons (Fsp3) is 0.103. The molecule has 4 rings (SSSR count). The maximum atomic E-state index is 13.6. The standard InChI is InChI=1S/C29H23ClF3N3O4S/c30-24-16-15-21(29(31,32)33)17-26(24)36(41(39,40)22-11-5-2-6-12-22)19-27(37)35-25-14-8-7-13-23(25)28(38)34-18-20-9-3-1-4-10-20/h1-17H,18-19H2,(H,34,38)(H,35,37). The van der Waals surface area contributed by atoms with Gasteiger partial charge in [0, 0.05) is 6.54 Å². The Morgan fingerprint density at radius 1 is 0.829 bits per heavy atom. The van der Waals surface area contributed by atoms with E-state index in [4.69, 9.17) is 11.6 Å². The Hall–Kier alpha value is -4.35. The van der Waals surface area contributed by atoms with E-state index in [0.717, 1.165) is 11.6 Å². The maximum Gasteiger partial charge on any atom is 0.416 e. The van der Waals surface area contributed by atoms with Crippen molar-refractivity contribution in [2.24, 2.45) is 0 Å². The lowest BCUT2D eigenvalue weighted by molar-refractivity contribution is -0.137. The Kier molecular flexibility index (Phi) is 8.99. The van der Waals surface area contributed by atoms with Crippen LogP contribution in [0.2, 0.25) is 5.02 Å². The van der Waals surface area contributed by atoms with Crippen molar-refractivity contribution < 1.29 is 31.2 Å². The first-order valence-corrected chi connectivity index (χ1v) is 13.9. The molecule has 0 unspecified atom stereocenters. The lowest BCUT2D eigenvalue weighted by Crippen LogP contribution is -2.38. The van der Waals surface area contributed by atoms with Gasteiger partial charge in [0.1, 0.15) is 6.54 Å². The molecule has 0 bridgehead atoms. The number of benzene rings is 4. The SMILES string of the molecule is O=C(CN(c1cc(C(F)(F)F)ccc1Cl)S(=O)(=O)c1ccccc1)Nc1ccccc1C(=O)NCc1ccccc1. The number of rotatable bonds is 9. The molecule has 212 valence electrons. The summed E-state index contributed by atoms with van der Waals surface area (Å²) in [5, 5.41) is 4.94. The summed E-state index contributed by atoms with van der Waals surface area (Å²) in [6.45, 7) is -0.711. The minimum absolute atomic E-state index is 0.0789. The number of carbonyl (C=O) groups excluding carboxylic acids is 2. The number of sulfonamides is 1. The Morgan fingerprint density at radius 2 is 1.44 bits per heavy atom. The average Bonchev–Trinajstić information content (AvgIpc) is 2.95. The molecule has 7 nitrogen and oxygen atoms in total. The summed E-state index contributed by atoms with van der Waals surface area (Å²) in [7, 11) is -4.55. The number of amides is 2. The van der Waals surface area contributed by atoms with Crippen LogP contribution in [0.1, 0.15) is 21.5 Å². The Balaban J connectivity index is 1.64. The number of halogens is 4. The van der Waals surface area contributed by atoms with Crippen LogP contribution in [-0.4, -0.2) is 26.8 Å². The highest BCUT2D eigenvalue weighted by atomic mass is 35.5. The second kappa shape index (κ2) is 12.4. The van der Waals surface area contributed by atoms with Crippen molar-refractivity contribution in [2.75, 3.05) is 16.2 Å². The van der Waals surface area contributed by atoms with Crippen molar-refractivity contribution in [3.8, 4) is 0 Å². The van der Waals surface area contributed by atoms with Gasteiger partial charge in [0.15, 0.2) is 0 Å². The molecule has 0 heterocycles. The number of nitrogens with one attached hydrogen (secondary N) is 2. The number of alkyl halides is 3. The van der Waals surface area contributed by atoms with Crippen molar-refractivity contribution in [2.45, 2.75) is 17.6 Å². The third-order valence-electron chi connectivity index (χ3n) is 5.90. The molecule has 0 atom stereocenters. The van der Waals surface area contributed by atoms with Gasteiger partial charge in [-0.3, -0.25) is 13.9 Å². The summed E-state index contributed by atoms with van der Waals surface area (Å²) >= 11 is 6.17. The number of anilines is 2. The summed E-state index contributed by atoms with van der Waals surface area (Å²) in [6.07, 6.45) is -4.80. The fourth-order valence-electron chi connectivity index (χ4n) is 3.88. The van der Waals surface area contributed by atoms with E-state index in [9.17, 15) is 31.2 Å². The summed E-state index contributed by atoms with van der Waals surface area (Å²) in [5.74, 6) is -1.42. The van der Waals surface area contributed by atoms with E-state index in [1.54, 1.807) is 18.2 Å². The average molecular weight is 602 g/mol. The smallest absolute Gasteiger partial charge is 0.348 e. The number of nitrogens with zero attached hydrogens (tertiary/aromatic N) is 1. The van der Waals surface area contributed by atoms with Gasteiger partial charge in [-0.1, -0.05) is 72.3 Å².